The number of halogens is 1. The molecule has 0 radical (unpaired) electrons. The van der Waals surface area contributed by atoms with Gasteiger partial charge in [-0.2, -0.15) is 0 Å². The minimum absolute atomic E-state index is 0.125. The lowest BCUT2D eigenvalue weighted by Crippen LogP contribution is -2.38. The lowest BCUT2D eigenvalue weighted by Gasteiger charge is -2.26. The predicted octanol–water partition coefficient (Wildman–Crippen LogP) is 5.80. The van der Waals surface area contributed by atoms with Gasteiger partial charge >= 0.3 is 6.03 Å². The first kappa shape index (κ1) is 22.4. The van der Waals surface area contributed by atoms with Crippen LogP contribution in [0.2, 0.25) is 5.02 Å². The number of nitrogens with one attached hydrogen (secondary N) is 2. The van der Waals surface area contributed by atoms with E-state index in [1.807, 2.05) is 41.3 Å². The third kappa shape index (κ3) is 5.08. The van der Waals surface area contributed by atoms with Gasteiger partial charge in [0.1, 0.15) is 0 Å². The maximum atomic E-state index is 12.5. The second-order valence-electron chi connectivity index (χ2n) is 8.08. The third-order valence-electron chi connectivity index (χ3n) is 5.64. The van der Waals surface area contributed by atoms with E-state index in [9.17, 15) is 9.59 Å². The summed E-state index contributed by atoms with van der Waals surface area (Å²) in [7, 11) is 0. The van der Waals surface area contributed by atoms with Crippen LogP contribution in [-0.2, 0) is 4.79 Å². The molecule has 34 heavy (non-hydrogen) atoms. The molecule has 0 bridgehead atoms. The van der Waals surface area contributed by atoms with Gasteiger partial charge in [-0.3, -0.25) is 9.78 Å². The van der Waals surface area contributed by atoms with E-state index < -0.39 is 0 Å². The van der Waals surface area contributed by atoms with E-state index >= 15 is 0 Å². The molecule has 2 aromatic carbocycles. The fraction of sp³-hybridized carbons (Fsp3) is 0.200. The Morgan fingerprint density at radius 3 is 2.85 bits per heavy atom. The number of pyridine rings is 1. The summed E-state index contributed by atoms with van der Waals surface area (Å²) in [5.41, 5.74) is 2.88. The van der Waals surface area contributed by atoms with E-state index in [1.54, 1.807) is 24.4 Å². The number of amidine groups is 1. The van der Waals surface area contributed by atoms with Gasteiger partial charge in [-0.05, 0) is 79.1 Å². The Morgan fingerprint density at radius 2 is 2.00 bits per heavy atom. The van der Waals surface area contributed by atoms with Gasteiger partial charge in [0.05, 0.1) is 21.1 Å². The largest absolute Gasteiger partial charge is 0.325 e. The fourth-order valence-electron chi connectivity index (χ4n) is 3.90. The molecule has 2 fully saturated rings. The number of rotatable bonds is 3. The number of carbonyl (C=O) groups is 2. The van der Waals surface area contributed by atoms with Crippen LogP contribution in [0.3, 0.4) is 0 Å². The van der Waals surface area contributed by atoms with Crippen LogP contribution in [0.15, 0.2) is 64.6 Å². The zero-order valence-corrected chi connectivity index (χ0v) is 19.8. The van der Waals surface area contributed by atoms with Crippen molar-refractivity contribution >= 4 is 68.8 Å². The summed E-state index contributed by atoms with van der Waals surface area (Å²) >= 11 is 7.59. The normalized spacial score (nSPS) is 18.5. The van der Waals surface area contributed by atoms with Crippen molar-refractivity contribution < 1.29 is 9.59 Å². The third-order valence-corrected chi connectivity index (χ3v) is 6.87. The Labute approximate surface area is 206 Å². The predicted molar refractivity (Wildman–Crippen MR) is 138 cm³/mol. The Balaban J connectivity index is 1.33. The molecule has 3 aromatic rings. The summed E-state index contributed by atoms with van der Waals surface area (Å²) in [4.78, 5) is 36.3. The number of urea groups is 1. The maximum Gasteiger partial charge on any atom is 0.321 e. The molecular weight excluding hydrogens is 470 g/mol. The molecule has 5 rings (SSSR count). The van der Waals surface area contributed by atoms with E-state index in [1.165, 1.54) is 11.8 Å². The summed E-state index contributed by atoms with van der Waals surface area (Å²) < 4.78 is 0. The van der Waals surface area contributed by atoms with Crippen LogP contribution < -0.4 is 10.6 Å². The van der Waals surface area contributed by atoms with Crippen molar-refractivity contribution in [2.24, 2.45) is 4.99 Å². The molecule has 2 aliphatic rings. The van der Waals surface area contributed by atoms with E-state index in [-0.39, 0.29) is 11.9 Å². The summed E-state index contributed by atoms with van der Waals surface area (Å²) in [6.07, 6.45) is 6.78. The standard InChI is InChI=1S/C25H22ClN5O2S/c26-19-8-7-18(28-25(33)31-11-2-1-3-12-31)15-21(19)29-24-30-23(32)22(34-24)14-16-6-9-20-17(13-16)5-4-10-27-20/h4-10,13-15H,1-3,11-12H2,(H,28,33)(H,29,30,32). The number of hydrogen-bond acceptors (Lipinski definition) is 5. The van der Waals surface area contributed by atoms with Crippen molar-refractivity contribution in [2.75, 3.05) is 18.4 Å². The second-order valence-corrected chi connectivity index (χ2v) is 9.52. The minimum Gasteiger partial charge on any atom is -0.325 e. The molecule has 7 nitrogen and oxygen atoms in total. The topological polar surface area (TPSA) is 86.7 Å². The lowest BCUT2D eigenvalue weighted by molar-refractivity contribution is -0.115. The van der Waals surface area contributed by atoms with Gasteiger partial charge in [-0.15, -0.1) is 0 Å². The molecule has 0 atom stereocenters. The minimum atomic E-state index is -0.222. The van der Waals surface area contributed by atoms with Crippen molar-refractivity contribution in [3.05, 3.63) is 70.2 Å². The number of aromatic nitrogens is 1. The van der Waals surface area contributed by atoms with Crippen molar-refractivity contribution in [2.45, 2.75) is 19.3 Å². The van der Waals surface area contributed by atoms with Gasteiger partial charge in [0.2, 0.25) is 0 Å². The average molecular weight is 492 g/mol. The number of likely N-dealkylation sites (tertiary alicyclic amines) is 1. The van der Waals surface area contributed by atoms with Crippen LogP contribution in [0.4, 0.5) is 16.2 Å². The molecule has 9 heteroatoms. The van der Waals surface area contributed by atoms with E-state index in [2.05, 4.69) is 20.6 Å². The monoisotopic (exact) mass is 491 g/mol. The number of carbonyl (C=O) groups excluding carboxylic acids is 2. The number of piperidine rings is 1. The molecule has 0 saturated carbocycles. The number of benzene rings is 2. The number of amides is 3. The van der Waals surface area contributed by atoms with Crippen LogP contribution in [0, 0.1) is 0 Å². The summed E-state index contributed by atoms with van der Waals surface area (Å²) in [6.45, 7) is 1.53. The number of fused-ring (bicyclic) bond motifs is 1. The van der Waals surface area contributed by atoms with E-state index in [4.69, 9.17) is 11.6 Å². The second kappa shape index (κ2) is 9.87. The Morgan fingerprint density at radius 1 is 1.15 bits per heavy atom. The molecular formula is C25H22ClN5O2S. The number of thioether (sulfide) groups is 1. The highest BCUT2D eigenvalue weighted by atomic mass is 35.5. The first-order valence-corrected chi connectivity index (χ1v) is 12.2. The molecule has 2 aliphatic heterocycles. The average Bonchev–Trinajstić information content (AvgIpc) is 3.20. The van der Waals surface area contributed by atoms with Crippen molar-refractivity contribution in [1.82, 2.24) is 15.2 Å². The molecule has 172 valence electrons. The summed E-state index contributed by atoms with van der Waals surface area (Å²) in [5, 5.41) is 7.57. The van der Waals surface area contributed by atoms with Crippen molar-refractivity contribution in [3.63, 3.8) is 0 Å². The molecule has 1 aromatic heterocycles. The van der Waals surface area contributed by atoms with Crippen molar-refractivity contribution in [3.8, 4) is 0 Å². The van der Waals surface area contributed by atoms with Crippen LogP contribution in [0.25, 0.3) is 17.0 Å². The number of aliphatic imine (C=N–C) groups is 1. The van der Waals surface area contributed by atoms with Gasteiger partial charge in [0.15, 0.2) is 5.17 Å². The zero-order valence-electron chi connectivity index (χ0n) is 18.3. The highest BCUT2D eigenvalue weighted by molar-refractivity contribution is 8.18. The Kier molecular flexibility index (Phi) is 6.51. The van der Waals surface area contributed by atoms with Gasteiger partial charge in [-0.25, -0.2) is 9.79 Å². The molecule has 2 saturated heterocycles. The molecule has 0 spiro atoms. The molecule has 3 heterocycles. The molecule has 2 N–H and O–H groups in total. The molecule has 0 aliphatic carbocycles. The first-order chi connectivity index (χ1) is 16.5. The number of nitrogens with zero attached hydrogens (tertiary/aromatic N) is 3. The lowest BCUT2D eigenvalue weighted by atomic mass is 10.1. The van der Waals surface area contributed by atoms with Crippen LogP contribution >= 0.6 is 23.4 Å². The van der Waals surface area contributed by atoms with Crippen LogP contribution in [0.1, 0.15) is 24.8 Å². The number of anilines is 1. The van der Waals surface area contributed by atoms with Crippen LogP contribution in [0.5, 0.6) is 0 Å². The highest BCUT2D eigenvalue weighted by Gasteiger charge is 2.24. The zero-order chi connectivity index (χ0) is 23.5. The van der Waals surface area contributed by atoms with Gasteiger partial charge < -0.3 is 15.5 Å². The highest BCUT2D eigenvalue weighted by Crippen LogP contribution is 2.33. The van der Waals surface area contributed by atoms with Crippen molar-refractivity contribution in [1.29, 1.82) is 0 Å². The quantitative estimate of drug-likeness (QED) is 0.453. The molecule has 3 amide bonds. The van der Waals surface area contributed by atoms with Gasteiger partial charge in [0, 0.05) is 30.4 Å². The van der Waals surface area contributed by atoms with Gasteiger partial charge in [-0.1, -0.05) is 23.7 Å². The smallest absolute Gasteiger partial charge is 0.321 e. The fourth-order valence-corrected chi connectivity index (χ4v) is 4.90. The van der Waals surface area contributed by atoms with Gasteiger partial charge in [0.25, 0.3) is 5.91 Å². The Bertz CT molecular complexity index is 1330. The van der Waals surface area contributed by atoms with Crippen LogP contribution in [-0.4, -0.2) is 40.1 Å². The summed E-state index contributed by atoms with van der Waals surface area (Å²) in [5.74, 6) is -0.222. The van der Waals surface area contributed by atoms with E-state index in [0.29, 0.717) is 26.5 Å². The summed E-state index contributed by atoms with van der Waals surface area (Å²) in [6, 6.07) is 14.7. The SMILES string of the molecule is O=C1NC(=Nc2cc(NC(=O)N3CCCCC3)ccc2Cl)SC1=Cc1ccc2ncccc2c1. The maximum absolute atomic E-state index is 12.5. The number of hydrogen-bond donors (Lipinski definition) is 2. The first-order valence-electron chi connectivity index (χ1n) is 11.0. The van der Waals surface area contributed by atoms with E-state index in [0.717, 1.165) is 48.8 Å². The Hall–Kier alpha value is -3.36. The molecule has 0 unspecified atom stereocenters.